The summed E-state index contributed by atoms with van der Waals surface area (Å²) in [6.45, 7) is 0. The summed E-state index contributed by atoms with van der Waals surface area (Å²) >= 11 is 12.3. The first-order chi connectivity index (χ1) is 15.3. The molecule has 0 saturated carbocycles. The monoisotopic (exact) mass is 492 g/mol. The Morgan fingerprint density at radius 3 is 1.91 bits per heavy atom. The van der Waals surface area contributed by atoms with Crippen molar-refractivity contribution in [2.24, 2.45) is 0 Å². The number of halogens is 2. The Bertz CT molecular complexity index is 1190. The zero-order valence-electron chi connectivity index (χ0n) is 17.4. The molecule has 0 fully saturated rings. The van der Waals surface area contributed by atoms with Gasteiger partial charge in [0.15, 0.2) is 7.80 Å². The van der Waals surface area contributed by atoms with Crippen molar-refractivity contribution in [1.82, 2.24) is 0 Å². The molecule has 3 aromatic carbocycles. The van der Waals surface area contributed by atoms with Gasteiger partial charge in [0.25, 0.3) is 0 Å². The third-order valence-corrected chi connectivity index (χ3v) is 6.96. The summed E-state index contributed by atoms with van der Waals surface area (Å²) < 4.78 is 29.8. The number of methoxy groups -OCH3 is 3. The molecule has 32 heavy (non-hydrogen) atoms. The Hall–Kier alpha value is -2.79. The summed E-state index contributed by atoms with van der Waals surface area (Å²) in [6, 6.07) is 14.4. The van der Waals surface area contributed by atoms with E-state index in [1.807, 2.05) is 0 Å². The fraction of sp³-hybridized carbons (Fsp3) is 0.130. The molecule has 0 amide bonds. The molecule has 0 aliphatic rings. The van der Waals surface area contributed by atoms with Gasteiger partial charge in [-0.15, -0.1) is 0 Å². The molecule has 0 aliphatic heterocycles. The molecule has 6 nitrogen and oxygen atoms in total. The third kappa shape index (κ3) is 4.40. The maximum absolute atomic E-state index is 13.5. The van der Waals surface area contributed by atoms with Crippen LogP contribution in [-0.2, 0) is 4.57 Å². The van der Waals surface area contributed by atoms with Crippen molar-refractivity contribution in [3.63, 3.8) is 0 Å². The lowest BCUT2D eigenvalue weighted by Gasteiger charge is -2.19. The highest BCUT2D eigenvalue weighted by atomic mass is 35.5. The molecule has 3 rings (SSSR count). The van der Waals surface area contributed by atoms with Gasteiger partial charge in [0, 0.05) is 11.6 Å². The largest absolute Gasteiger partial charge is 0.496 e. The molecule has 0 aromatic heterocycles. The minimum Gasteiger partial charge on any atom is -0.496 e. The standard InChI is InChI=1S/C23H19Cl2O6P/c1-29-16-12-17(30-2)22(32(28)23(27)18-14(24)10-7-11-15(18)25)21(31-3)19(16)20(26)13-8-5-4-6-9-13/h4-12,32H,1-3H3. The Morgan fingerprint density at radius 2 is 1.38 bits per heavy atom. The molecule has 166 valence electrons. The fourth-order valence-electron chi connectivity index (χ4n) is 3.24. The zero-order chi connectivity index (χ0) is 23.4. The summed E-state index contributed by atoms with van der Waals surface area (Å²) in [7, 11) is 0.733. The minimum atomic E-state index is -3.30. The van der Waals surface area contributed by atoms with E-state index in [-0.39, 0.29) is 43.7 Å². The van der Waals surface area contributed by atoms with Crippen LogP contribution in [0.3, 0.4) is 0 Å². The minimum absolute atomic E-state index is 0.0217. The van der Waals surface area contributed by atoms with Gasteiger partial charge in [-0.3, -0.25) is 9.59 Å². The lowest BCUT2D eigenvalue weighted by atomic mass is 10.0. The molecule has 0 radical (unpaired) electrons. The van der Waals surface area contributed by atoms with Crippen molar-refractivity contribution in [3.8, 4) is 17.2 Å². The predicted molar refractivity (Wildman–Crippen MR) is 125 cm³/mol. The molecule has 1 unspecified atom stereocenters. The van der Waals surface area contributed by atoms with Gasteiger partial charge in [0.05, 0.1) is 36.9 Å². The lowest BCUT2D eigenvalue weighted by molar-refractivity contribution is 0.103. The highest BCUT2D eigenvalue weighted by molar-refractivity contribution is 7.72. The zero-order valence-corrected chi connectivity index (χ0v) is 19.9. The quantitative estimate of drug-likeness (QED) is 0.314. The Morgan fingerprint density at radius 1 is 0.781 bits per heavy atom. The van der Waals surface area contributed by atoms with Crippen LogP contribution in [0.1, 0.15) is 26.3 Å². The van der Waals surface area contributed by atoms with Crippen molar-refractivity contribution in [2.75, 3.05) is 21.3 Å². The number of hydrogen-bond acceptors (Lipinski definition) is 6. The fourth-order valence-corrected chi connectivity index (χ4v) is 5.53. The van der Waals surface area contributed by atoms with E-state index in [1.165, 1.54) is 39.5 Å². The maximum Gasteiger partial charge on any atom is 0.226 e. The van der Waals surface area contributed by atoms with Crippen molar-refractivity contribution in [1.29, 1.82) is 0 Å². The molecule has 0 aliphatic carbocycles. The summed E-state index contributed by atoms with van der Waals surface area (Å²) in [5.41, 5.74) is -0.477. The van der Waals surface area contributed by atoms with Gasteiger partial charge in [-0.25, -0.2) is 0 Å². The molecular weight excluding hydrogens is 474 g/mol. The SMILES string of the molecule is COc1cc(OC)c([PH](=O)C(=O)c2c(Cl)cccc2Cl)c(OC)c1C(=O)c1ccccc1. The van der Waals surface area contributed by atoms with E-state index in [4.69, 9.17) is 37.4 Å². The van der Waals surface area contributed by atoms with Gasteiger partial charge >= 0.3 is 0 Å². The number of hydrogen-bond donors (Lipinski definition) is 0. The maximum atomic E-state index is 13.5. The molecule has 9 heteroatoms. The van der Waals surface area contributed by atoms with Gasteiger partial charge in [0.2, 0.25) is 11.3 Å². The second-order valence-corrected chi connectivity index (χ2v) is 8.94. The van der Waals surface area contributed by atoms with Crippen molar-refractivity contribution in [2.45, 2.75) is 0 Å². The Kier molecular flexibility index (Phi) is 7.62. The second kappa shape index (κ2) is 10.2. The Labute approximate surface area is 195 Å². The van der Waals surface area contributed by atoms with E-state index in [0.717, 1.165) is 0 Å². The molecule has 1 atom stereocenters. The van der Waals surface area contributed by atoms with E-state index in [9.17, 15) is 14.2 Å². The van der Waals surface area contributed by atoms with Crippen LogP contribution in [0.5, 0.6) is 17.2 Å². The smallest absolute Gasteiger partial charge is 0.226 e. The molecule has 0 N–H and O–H groups in total. The number of carbonyl (C=O) groups is 2. The number of carbonyl (C=O) groups excluding carboxylic acids is 2. The Balaban J connectivity index is 2.26. The van der Waals surface area contributed by atoms with E-state index >= 15 is 0 Å². The molecule has 0 bridgehead atoms. The van der Waals surface area contributed by atoms with Crippen LogP contribution in [0.15, 0.2) is 54.6 Å². The van der Waals surface area contributed by atoms with Crippen LogP contribution < -0.4 is 19.5 Å². The van der Waals surface area contributed by atoms with Gasteiger partial charge < -0.3 is 18.8 Å². The molecule has 0 spiro atoms. The summed E-state index contributed by atoms with van der Waals surface area (Å²) in [5.74, 6) is -0.283. The molecule has 0 heterocycles. The first-order valence-electron chi connectivity index (χ1n) is 9.31. The van der Waals surface area contributed by atoms with Crippen molar-refractivity contribution >= 4 is 47.6 Å². The second-order valence-electron chi connectivity index (χ2n) is 6.51. The topological polar surface area (TPSA) is 78.9 Å². The number of rotatable bonds is 8. The highest BCUT2D eigenvalue weighted by Gasteiger charge is 2.33. The summed E-state index contributed by atoms with van der Waals surface area (Å²) in [4.78, 5) is 26.5. The van der Waals surface area contributed by atoms with Crippen molar-refractivity contribution < 1.29 is 28.4 Å². The molecule has 0 saturated heterocycles. The van der Waals surface area contributed by atoms with Gasteiger partial charge in [-0.2, -0.15) is 0 Å². The average Bonchev–Trinajstić information content (AvgIpc) is 2.81. The third-order valence-electron chi connectivity index (χ3n) is 4.74. The first kappa shape index (κ1) is 23.9. The van der Waals surface area contributed by atoms with Crippen LogP contribution in [0, 0.1) is 0 Å². The average molecular weight is 493 g/mol. The lowest BCUT2D eigenvalue weighted by Crippen LogP contribution is -2.17. The molecule has 3 aromatic rings. The van der Waals surface area contributed by atoms with Crippen LogP contribution in [0.4, 0.5) is 0 Å². The highest BCUT2D eigenvalue weighted by Crippen LogP contribution is 2.43. The molecular formula is C23H19Cl2O6P. The van der Waals surface area contributed by atoms with Crippen LogP contribution in [0.2, 0.25) is 10.0 Å². The summed E-state index contributed by atoms with van der Waals surface area (Å²) in [6.07, 6.45) is 0. The van der Waals surface area contributed by atoms with E-state index in [2.05, 4.69) is 0 Å². The van der Waals surface area contributed by atoms with Gasteiger partial charge in [0.1, 0.15) is 28.1 Å². The summed E-state index contributed by atoms with van der Waals surface area (Å²) in [5, 5.41) is 0.0711. The van der Waals surface area contributed by atoms with E-state index in [1.54, 1.807) is 36.4 Å². The van der Waals surface area contributed by atoms with Gasteiger partial charge in [-0.1, -0.05) is 59.6 Å². The van der Waals surface area contributed by atoms with Gasteiger partial charge in [-0.05, 0) is 12.1 Å². The predicted octanol–water partition coefficient (Wildman–Crippen LogP) is 5.28. The normalized spacial score (nSPS) is 11.5. The number of benzene rings is 3. The first-order valence-corrected chi connectivity index (χ1v) is 11.5. The van der Waals surface area contributed by atoms with Crippen LogP contribution in [0.25, 0.3) is 0 Å². The number of ether oxygens (including phenoxy) is 3. The number of ketones is 1. The van der Waals surface area contributed by atoms with Crippen molar-refractivity contribution in [3.05, 3.63) is 81.3 Å². The van der Waals surface area contributed by atoms with Crippen LogP contribution >= 0.6 is 31.0 Å². The van der Waals surface area contributed by atoms with E-state index < -0.39 is 19.1 Å². The van der Waals surface area contributed by atoms with Crippen LogP contribution in [-0.4, -0.2) is 32.6 Å². The van der Waals surface area contributed by atoms with E-state index in [0.29, 0.717) is 5.56 Å².